The zero-order valence-electron chi connectivity index (χ0n) is 18.6. The molecule has 0 saturated heterocycles. The van der Waals surface area contributed by atoms with Crippen molar-refractivity contribution in [2.24, 2.45) is 4.99 Å². The van der Waals surface area contributed by atoms with E-state index in [1.807, 2.05) is 62.7 Å². The third-order valence-corrected chi connectivity index (χ3v) is 4.18. The minimum atomic E-state index is -0.505. The Bertz CT molecular complexity index is 843. The Morgan fingerprint density at radius 1 is 1.10 bits per heavy atom. The molecule has 0 spiro atoms. The van der Waals surface area contributed by atoms with Crippen LogP contribution in [0, 0.1) is 13.8 Å². The van der Waals surface area contributed by atoms with Crippen LogP contribution in [0.15, 0.2) is 35.3 Å². The Balaban J connectivity index is 0.00000450. The van der Waals surface area contributed by atoms with Crippen molar-refractivity contribution >= 4 is 36.0 Å². The summed E-state index contributed by atoms with van der Waals surface area (Å²) in [6.07, 6.45) is -0.429. The Morgan fingerprint density at radius 2 is 1.73 bits per heavy atom. The number of carbonyl (C=O) groups is 1. The fourth-order valence-electron chi connectivity index (χ4n) is 2.80. The normalized spacial score (nSPS) is 11.5. The maximum Gasteiger partial charge on any atom is 0.407 e. The van der Waals surface area contributed by atoms with Crippen LogP contribution >= 0.6 is 24.0 Å². The Morgan fingerprint density at radius 3 is 2.33 bits per heavy atom. The molecule has 0 aliphatic carbocycles. The molecule has 0 unspecified atom stereocenters. The largest absolute Gasteiger partial charge is 0.444 e. The second-order valence-electron chi connectivity index (χ2n) is 7.68. The van der Waals surface area contributed by atoms with Crippen molar-refractivity contribution in [3.8, 4) is 5.69 Å². The van der Waals surface area contributed by atoms with Gasteiger partial charge in [-0.2, -0.15) is 5.10 Å². The van der Waals surface area contributed by atoms with Gasteiger partial charge in [-0.05, 0) is 46.8 Å². The molecule has 1 amide bonds. The van der Waals surface area contributed by atoms with Crippen LogP contribution in [0.25, 0.3) is 5.69 Å². The molecular formula is C21H33IN6O2. The van der Waals surface area contributed by atoms with Gasteiger partial charge in [-0.15, -0.1) is 24.0 Å². The second-order valence-corrected chi connectivity index (χ2v) is 7.68. The molecule has 3 N–H and O–H groups in total. The number of rotatable bonds is 6. The summed E-state index contributed by atoms with van der Waals surface area (Å²) in [6.45, 7) is 11.1. The van der Waals surface area contributed by atoms with Crippen LogP contribution in [0.3, 0.4) is 0 Å². The average Bonchev–Trinajstić information content (AvgIpc) is 2.94. The zero-order valence-corrected chi connectivity index (χ0v) is 20.9. The molecule has 0 aliphatic heterocycles. The van der Waals surface area contributed by atoms with E-state index in [4.69, 9.17) is 4.74 Å². The van der Waals surface area contributed by atoms with Gasteiger partial charge >= 0.3 is 6.09 Å². The molecular weight excluding hydrogens is 495 g/mol. The lowest BCUT2D eigenvalue weighted by molar-refractivity contribution is 0.0529. The Kier molecular flexibility index (Phi) is 10.1. The van der Waals surface area contributed by atoms with Crippen LogP contribution in [-0.2, 0) is 11.3 Å². The van der Waals surface area contributed by atoms with Crippen molar-refractivity contribution < 1.29 is 9.53 Å². The number of benzene rings is 1. The molecule has 0 radical (unpaired) electrons. The first-order valence-corrected chi connectivity index (χ1v) is 9.73. The van der Waals surface area contributed by atoms with Crippen molar-refractivity contribution in [3.05, 3.63) is 47.3 Å². The van der Waals surface area contributed by atoms with Gasteiger partial charge < -0.3 is 20.7 Å². The lowest BCUT2D eigenvalue weighted by Crippen LogP contribution is -2.42. The number of nitrogens with zero attached hydrogens (tertiary/aromatic N) is 3. The smallest absolute Gasteiger partial charge is 0.407 e. The molecule has 1 heterocycles. The number of guanidine groups is 1. The molecule has 8 nitrogen and oxygen atoms in total. The predicted molar refractivity (Wildman–Crippen MR) is 131 cm³/mol. The number of carbonyl (C=O) groups excluding carboxylic acids is 1. The molecule has 0 atom stereocenters. The van der Waals surface area contributed by atoms with Crippen LogP contribution in [0.1, 0.15) is 37.7 Å². The van der Waals surface area contributed by atoms with Gasteiger partial charge in [0.25, 0.3) is 0 Å². The topological polar surface area (TPSA) is 92.6 Å². The number of amides is 1. The first-order chi connectivity index (χ1) is 13.7. The quantitative estimate of drug-likeness (QED) is 0.232. The first kappa shape index (κ1) is 25.7. The molecule has 0 aliphatic rings. The van der Waals surface area contributed by atoms with Crippen molar-refractivity contribution in [1.29, 1.82) is 0 Å². The van der Waals surface area contributed by atoms with Crippen LogP contribution < -0.4 is 16.0 Å². The molecule has 166 valence electrons. The van der Waals surface area contributed by atoms with E-state index >= 15 is 0 Å². The molecule has 9 heteroatoms. The zero-order chi connectivity index (χ0) is 21.4. The summed E-state index contributed by atoms with van der Waals surface area (Å²) in [5, 5.41) is 13.9. The predicted octanol–water partition coefficient (Wildman–Crippen LogP) is 3.30. The lowest BCUT2D eigenvalue weighted by atomic mass is 10.2. The summed E-state index contributed by atoms with van der Waals surface area (Å²) in [5.41, 5.74) is 3.72. The number of aliphatic imine (C=N–C) groups is 1. The van der Waals surface area contributed by atoms with Crippen LogP contribution in [0.4, 0.5) is 4.79 Å². The summed E-state index contributed by atoms with van der Waals surface area (Å²) < 4.78 is 7.16. The number of alkyl carbamates (subject to hydrolysis) is 1. The molecule has 0 bridgehead atoms. The van der Waals surface area contributed by atoms with E-state index in [1.165, 1.54) is 0 Å². The highest BCUT2D eigenvalue weighted by Gasteiger charge is 2.16. The number of aromatic nitrogens is 2. The number of nitrogens with one attached hydrogen (secondary N) is 3. The lowest BCUT2D eigenvalue weighted by Gasteiger charge is -2.20. The summed E-state index contributed by atoms with van der Waals surface area (Å²) in [6, 6.07) is 10.1. The monoisotopic (exact) mass is 528 g/mol. The van der Waals surface area contributed by atoms with Crippen LogP contribution in [0.2, 0.25) is 0 Å². The maximum absolute atomic E-state index is 11.7. The van der Waals surface area contributed by atoms with Crippen LogP contribution in [0.5, 0.6) is 0 Å². The van der Waals surface area contributed by atoms with Crippen molar-refractivity contribution in [3.63, 3.8) is 0 Å². The standard InChI is InChI=1S/C21H32N6O2.HI/c1-15-18(16(2)27(26-15)17-10-8-7-9-11-17)14-25-19(22-6)23-12-13-24-20(28)29-21(3,4)5;/h7-11H,12-14H2,1-6H3,(H,24,28)(H2,22,23,25);1H. The molecule has 1 aromatic heterocycles. The number of hydrogen-bond acceptors (Lipinski definition) is 4. The molecule has 1 aromatic carbocycles. The van der Waals surface area contributed by atoms with Gasteiger partial charge in [0.05, 0.1) is 11.4 Å². The third kappa shape index (κ3) is 7.85. The van der Waals surface area contributed by atoms with E-state index in [0.717, 1.165) is 22.6 Å². The highest BCUT2D eigenvalue weighted by molar-refractivity contribution is 14.0. The molecule has 30 heavy (non-hydrogen) atoms. The van der Waals surface area contributed by atoms with E-state index in [2.05, 4.69) is 33.0 Å². The average molecular weight is 528 g/mol. The highest BCUT2D eigenvalue weighted by atomic mass is 127. The molecule has 2 aromatic rings. The third-order valence-electron chi connectivity index (χ3n) is 4.18. The van der Waals surface area contributed by atoms with Gasteiger partial charge in [0, 0.05) is 37.9 Å². The minimum Gasteiger partial charge on any atom is -0.444 e. The van der Waals surface area contributed by atoms with Gasteiger partial charge in [0.15, 0.2) is 5.96 Å². The van der Waals surface area contributed by atoms with Gasteiger partial charge in [0.1, 0.15) is 5.60 Å². The molecule has 0 saturated carbocycles. The summed E-state index contributed by atoms with van der Waals surface area (Å²) >= 11 is 0. The van der Waals surface area contributed by atoms with E-state index in [-0.39, 0.29) is 24.0 Å². The van der Waals surface area contributed by atoms with Crippen molar-refractivity contribution in [2.75, 3.05) is 20.1 Å². The number of ether oxygens (including phenoxy) is 1. The minimum absolute atomic E-state index is 0. The van der Waals surface area contributed by atoms with Crippen molar-refractivity contribution in [1.82, 2.24) is 25.7 Å². The van der Waals surface area contributed by atoms with E-state index in [0.29, 0.717) is 25.6 Å². The summed E-state index contributed by atoms with van der Waals surface area (Å²) in [4.78, 5) is 15.9. The van der Waals surface area contributed by atoms with Gasteiger partial charge in [-0.25, -0.2) is 9.48 Å². The number of aryl methyl sites for hydroxylation is 1. The fraction of sp³-hybridized carbons (Fsp3) is 0.476. The summed E-state index contributed by atoms with van der Waals surface area (Å²) in [5.74, 6) is 0.655. The summed E-state index contributed by atoms with van der Waals surface area (Å²) in [7, 11) is 1.71. The SMILES string of the molecule is CN=C(NCCNC(=O)OC(C)(C)C)NCc1c(C)nn(-c2ccccc2)c1C.I. The number of hydrogen-bond donors (Lipinski definition) is 3. The first-order valence-electron chi connectivity index (χ1n) is 9.73. The van der Waals surface area contributed by atoms with Gasteiger partial charge in [0.2, 0.25) is 0 Å². The van der Waals surface area contributed by atoms with E-state index < -0.39 is 11.7 Å². The van der Waals surface area contributed by atoms with Gasteiger partial charge in [-0.1, -0.05) is 18.2 Å². The highest BCUT2D eigenvalue weighted by Crippen LogP contribution is 2.17. The van der Waals surface area contributed by atoms with Crippen molar-refractivity contribution in [2.45, 2.75) is 46.8 Å². The van der Waals surface area contributed by atoms with Gasteiger partial charge in [-0.3, -0.25) is 4.99 Å². The van der Waals surface area contributed by atoms with E-state index in [1.54, 1.807) is 7.05 Å². The molecule has 2 rings (SSSR count). The Labute approximate surface area is 195 Å². The van der Waals surface area contributed by atoms with E-state index in [9.17, 15) is 4.79 Å². The van der Waals surface area contributed by atoms with Crippen LogP contribution in [-0.4, -0.2) is 47.6 Å². The Hall–Kier alpha value is -2.30. The number of halogens is 1. The molecule has 0 fully saturated rings. The fourth-order valence-corrected chi connectivity index (χ4v) is 2.80. The number of para-hydroxylation sites is 1. The maximum atomic E-state index is 11.7. The second kappa shape index (κ2) is 11.8.